The van der Waals surface area contributed by atoms with Gasteiger partial charge in [0.15, 0.2) is 0 Å². The van der Waals surface area contributed by atoms with E-state index in [2.05, 4.69) is 100 Å². The van der Waals surface area contributed by atoms with Crippen LogP contribution < -0.4 is 28.5 Å². The first-order valence-corrected chi connectivity index (χ1v) is 7.35. The zero-order chi connectivity index (χ0) is 13.9. The number of nitrogens with zero attached hydrogens (tertiary/aromatic N) is 1. The molecule has 0 saturated carbocycles. The molecule has 0 aliphatic heterocycles. The van der Waals surface area contributed by atoms with Gasteiger partial charge in [0, 0.05) is 28.1 Å². The number of hydrogen-bond acceptors (Lipinski definition) is 0. The van der Waals surface area contributed by atoms with Crippen LogP contribution in [0.1, 0.15) is 11.3 Å². The number of aryl methyl sites for hydroxylation is 1. The number of benzene rings is 2. The summed E-state index contributed by atoms with van der Waals surface area (Å²) in [6.45, 7) is 0. The number of fused-ring (bicyclic) bond motifs is 1. The van der Waals surface area contributed by atoms with Gasteiger partial charge in [0.25, 0.3) is 0 Å². The van der Waals surface area contributed by atoms with Crippen molar-refractivity contribution in [3.63, 3.8) is 0 Å². The highest BCUT2D eigenvalue weighted by Crippen LogP contribution is 2.14. The van der Waals surface area contributed by atoms with Gasteiger partial charge in [-0.1, -0.05) is 40.2 Å². The predicted octanol–water partition coefficient (Wildman–Crippen LogP) is 1.60. The summed E-state index contributed by atoms with van der Waals surface area (Å²) in [5, 5.41) is 1.26. The van der Waals surface area contributed by atoms with E-state index in [1.165, 1.54) is 22.2 Å². The third-order valence-corrected chi connectivity index (χ3v) is 3.96. The van der Waals surface area contributed by atoms with Crippen molar-refractivity contribution in [1.82, 2.24) is 0 Å². The lowest BCUT2D eigenvalue weighted by Crippen LogP contribution is -3.00. The van der Waals surface area contributed by atoms with Crippen molar-refractivity contribution < 1.29 is 28.5 Å². The van der Waals surface area contributed by atoms with E-state index in [4.69, 9.17) is 0 Å². The average Bonchev–Trinajstić information content (AvgIpc) is 2.49. The quantitative estimate of drug-likeness (QED) is 0.411. The molecule has 1 heterocycles. The molecule has 3 rings (SSSR count). The number of hydrogen-bond donors (Lipinski definition) is 0. The Kier molecular flexibility index (Phi) is 5.53. The van der Waals surface area contributed by atoms with Gasteiger partial charge in [0.05, 0.1) is 0 Å². The van der Waals surface area contributed by atoms with Crippen molar-refractivity contribution in [2.24, 2.45) is 7.05 Å². The van der Waals surface area contributed by atoms with E-state index in [0.717, 1.165) is 4.47 Å². The van der Waals surface area contributed by atoms with Crippen LogP contribution in [0.25, 0.3) is 23.1 Å². The van der Waals surface area contributed by atoms with Crippen molar-refractivity contribution in [1.29, 1.82) is 0 Å². The van der Waals surface area contributed by atoms with E-state index in [1.54, 1.807) is 0 Å². The Balaban J connectivity index is 0.00000161. The molecule has 1 nitrogen and oxygen atoms in total. The molecule has 3 aromatic rings. The first-order valence-electron chi connectivity index (χ1n) is 6.55. The molecule has 3 heteroatoms. The van der Waals surface area contributed by atoms with Crippen LogP contribution in [0.3, 0.4) is 0 Å². The molecule has 0 N–H and O–H groups in total. The molecule has 0 bridgehead atoms. The maximum atomic E-state index is 3.45. The lowest BCUT2D eigenvalue weighted by atomic mass is 10.1. The molecule has 0 radical (unpaired) electrons. The zero-order valence-corrected chi connectivity index (χ0v) is 15.4. The maximum absolute atomic E-state index is 3.45. The lowest BCUT2D eigenvalue weighted by molar-refractivity contribution is -0.646. The molecule has 0 atom stereocenters. The van der Waals surface area contributed by atoms with Gasteiger partial charge in [-0.25, -0.2) is 0 Å². The Labute approximate surface area is 150 Å². The molecule has 0 unspecified atom stereocenters. The fourth-order valence-corrected chi connectivity index (χ4v) is 2.55. The van der Waals surface area contributed by atoms with Crippen molar-refractivity contribution in [2.45, 2.75) is 0 Å². The zero-order valence-electron chi connectivity index (χ0n) is 11.6. The van der Waals surface area contributed by atoms with Crippen molar-refractivity contribution in [3.8, 4) is 0 Å². The topological polar surface area (TPSA) is 3.88 Å². The average molecular weight is 452 g/mol. The smallest absolute Gasteiger partial charge is 0.212 e. The van der Waals surface area contributed by atoms with Gasteiger partial charge in [0.1, 0.15) is 7.05 Å². The Morgan fingerprint density at radius 2 is 1.57 bits per heavy atom. The second-order valence-corrected chi connectivity index (χ2v) is 5.68. The van der Waals surface area contributed by atoms with E-state index >= 15 is 0 Å². The van der Waals surface area contributed by atoms with Crippen LogP contribution in [0.15, 0.2) is 65.1 Å². The molecular formula is C18H15BrIN. The maximum Gasteiger partial charge on any atom is 0.212 e. The standard InChI is InChI=1S/C18H15BrN.HI/c1-20-17(12-8-14-6-10-16(19)11-7-14)13-9-15-4-2-3-5-18(15)20;/h2-13H,1H3;1H/q+1;/p-1/b12-8+;. The van der Waals surface area contributed by atoms with E-state index in [1.807, 2.05) is 0 Å². The Bertz CT molecular complexity index is 779. The molecular weight excluding hydrogens is 437 g/mol. The summed E-state index contributed by atoms with van der Waals surface area (Å²) in [6, 6.07) is 21.0. The van der Waals surface area contributed by atoms with Gasteiger partial charge < -0.3 is 24.0 Å². The fraction of sp³-hybridized carbons (Fsp3) is 0.0556. The van der Waals surface area contributed by atoms with Crippen LogP contribution in [0.5, 0.6) is 0 Å². The number of aromatic nitrogens is 1. The highest BCUT2D eigenvalue weighted by Gasteiger charge is 2.07. The lowest BCUT2D eigenvalue weighted by Gasteiger charge is -2.00. The van der Waals surface area contributed by atoms with Crippen LogP contribution in [-0.4, -0.2) is 0 Å². The summed E-state index contributed by atoms with van der Waals surface area (Å²) in [5.41, 5.74) is 3.62. The molecule has 0 aliphatic rings. The van der Waals surface area contributed by atoms with Crippen molar-refractivity contribution >= 4 is 39.0 Å². The van der Waals surface area contributed by atoms with Gasteiger partial charge in [0.2, 0.25) is 11.2 Å². The SMILES string of the molecule is C[n+]1c(/C=C/c2ccc(Br)cc2)ccc2ccccc21.[I-]. The molecule has 106 valence electrons. The first-order chi connectivity index (χ1) is 9.74. The van der Waals surface area contributed by atoms with Crippen LogP contribution in [-0.2, 0) is 7.05 Å². The van der Waals surface area contributed by atoms with Gasteiger partial charge in [-0.2, -0.15) is 4.57 Å². The molecule has 21 heavy (non-hydrogen) atoms. The number of pyridine rings is 1. The van der Waals surface area contributed by atoms with Gasteiger partial charge >= 0.3 is 0 Å². The van der Waals surface area contributed by atoms with Crippen LogP contribution in [0.2, 0.25) is 0 Å². The van der Waals surface area contributed by atoms with E-state index in [-0.39, 0.29) is 24.0 Å². The highest BCUT2D eigenvalue weighted by atomic mass is 127. The molecule has 0 aliphatic carbocycles. The van der Waals surface area contributed by atoms with Crippen molar-refractivity contribution in [3.05, 3.63) is 76.4 Å². The summed E-state index contributed by atoms with van der Waals surface area (Å²) < 4.78 is 3.32. The number of rotatable bonds is 2. The van der Waals surface area contributed by atoms with Gasteiger partial charge in [-0.15, -0.1) is 0 Å². The monoisotopic (exact) mass is 451 g/mol. The van der Waals surface area contributed by atoms with E-state index in [0.29, 0.717) is 0 Å². The summed E-state index contributed by atoms with van der Waals surface area (Å²) in [4.78, 5) is 0. The summed E-state index contributed by atoms with van der Waals surface area (Å²) in [5.74, 6) is 0. The summed E-state index contributed by atoms with van der Waals surface area (Å²) >= 11 is 3.45. The molecule has 0 amide bonds. The Hall–Kier alpha value is -1.20. The van der Waals surface area contributed by atoms with E-state index in [9.17, 15) is 0 Å². The molecule has 0 fully saturated rings. The summed E-state index contributed by atoms with van der Waals surface area (Å²) in [7, 11) is 2.10. The Morgan fingerprint density at radius 3 is 2.33 bits per heavy atom. The first kappa shape index (κ1) is 16.2. The largest absolute Gasteiger partial charge is 1.00 e. The Morgan fingerprint density at radius 1 is 0.857 bits per heavy atom. The minimum absolute atomic E-state index is 0. The van der Waals surface area contributed by atoms with Gasteiger partial charge in [-0.3, -0.25) is 0 Å². The van der Waals surface area contributed by atoms with Crippen LogP contribution in [0.4, 0.5) is 0 Å². The van der Waals surface area contributed by atoms with Crippen LogP contribution >= 0.6 is 15.9 Å². The minimum atomic E-state index is 0. The molecule has 2 aromatic carbocycles. The molecule has 0 spiro atoms. The second-order valence-electron chi connectivity index (χ2n) is 4.76. The highest BCUT2D eigenvalue weighted by molar-refractivity contribution is 9.10. The second kappa shape index (κ2) is 7.18. The normalized spacial score (nSPS) is 10.8. The van der Waals surface area contributed by atoms with Gasteiger partial charge in [-0.05, 0) is 35.9 Å². The van der Waals surface area contributed by atoms with Crippen molar-refractivity contribution in [2.75, 3.05) is 0 Å². The summed E-state index contributed by atoms with van der Waals surface area (Å²) in [6.07, 6.45) is 4.28. The number of halogens is 2. The molecule has 1 aromatic heterocycles. The third kappa shape index (κ3) is 3.71. The minimum Gasteiger partial charge on any atom is -1.00 e. The molecule has 0 saturated heterocycles. The van der Waals surface area contributed by atoms with E-state index < -0.39 is 0 Å². The van der Waals surface area contributed by atoms with Crippen LogP contribution in [0, 0.1) is 0 Å². The number of para-hydroxylation sites is 1. The third-order valence-electron chi connectivity index (χ3n) is 3.44. The fourth-order valence-electron chi connectivity index (χ4n) is 2.28. The predicted molar refractivity (Wildman–Crippen MR) is 88.2 cm³/mol.